The first-order chi connectivity index (χ1) is 10.3. The minimum absolute atomic E-state index is 0.213. The highest BCUT2D eigenvalue weighted by molar-refractivity contribution is 5.44. The van der Waals surface area contributed by atoms with Crippen LogP contribution in [0, 0.1) is 0 Å². The van der Waals surface area contributed by atoms with Crippen LogP contribution in [0.3, 0.4) is 0 Å². The lowest BCUT2D eigenvalue weighted by atomic mass is 10.1. The van der Waals surface area contributed by atoms with Gasteiger partial charge in [0, 0.05) is 25.4 Å². The number of ether oxygens (including phenoxy) is 2. The van der Waals surface area contributed by atoms with Crippen molar-refractivity contribution in [3.8, 4) is 11.5 Å². The summed E-state index contributed by atoms with van der Waals surface area (Å²) in [7, 11) is 0. The van der Waals surface area contributed by atoms with Gasteiger partial charge in [0.1, 0.15) is 0 Å². The first-order valence-corrected chi connectivity index (χ1v) is 7.21. The minimum atomic E-state index is 0.213. The third-order valence-electron chi connectivity index (χ3n) is 3.47. The van der Waals surface area contributed by atoms with Gasteiger partial charge in [-0.1, -0.05) is 11.2 Å². The van der Waals surface area contributed by atoms with Gasteiger partial charge in [-0.3, -0.25) is 0 Å². The molecule has 0 aliphatic carbocycles. The molecular formula is C15H19N3O3. The first kappa shape index (κ1) is 13.9. The first-order valence-electron chi connectivity index (χ1n) is 7.21. The van der Waals surface area contributed by atoms with Crippen molar-refractivity contribution >= 4 is 0 Å². The second-order valence-corrected chi connectivity index (χ2v) is 5.02. The molecular weight excluding hydrogens is 270 g/mol. The average molecular weight is 289 g/mol. The number of rotatable bonds is 5. The summed E-state index contributed by atoms with van der Waals surface area (Å²) in [5, 5.41) is 7.03. The third kappa shape index (κ3) is 3.52. The SMILES string of the molecule is CC(NCCc1ncno1)c1ccc2c(c1)OCCCO2. The molecule has 1 aliphatic rings. The number of nitrogens with zero attached hydrogens (tertiary/aromatic N) is 2. The predicted octanol–water partition coefficient (Wildman–Crippen LogP) is 2.12. The van der Waals surface area contributed by atoms with Gasteiger partial charge in [-0.2, -0.15) is 4.98 Å². The molecule has 2 aromatic rings. The van der Waals surface area contributed by atoms with E-state index >= 15 is 0 Å². The van der Waals surface area contributed by atoms with Crippen molar-refractivity contribution in [3.63, 3.8) is 0 Å². The smallest absolute Gasteiger partial charge is 0.227 e. The Balaban J connectivity index is 1.59. The molecule has 21 heavy (non-hydrogen) atoms. The maximum absolute atomic E-state index is 5.72. The Kier molecular flexibility index (Phi) is 4.35. The fraction of sp³-hybridized carbons (Fsp3) is 0.467. The van der Waals surface area contributed by atoms with Gasteiger partial charge in [0.15, 0.2) is 17.8 Å². The van der Waals surface area contributed by atoms with E-state index in [0.29, 0.717) is 19.1 Å². The normalized spacial score (nSPS) is 15.5. The van der Waals surface area contributed by atoms with E-state index in [2.05, 4.69) is 28.4 Å². The van der Waals surface area contributed by atoms with Crippen LogP contribution in [0.25, 0.3) is 0 Å². The average Bonchev–Trinajstić information content (AvgIpc) is 2.90. The van der Waals surface area contributed by atoms with Crippen LogP contribution in [0.5, 0.6) is 11.5 Å². The van der Waals surface area contributed by atoms with E-state index in [4.69, 9.17) is 14.0 Å². The number of hydrogen-bond acceptors (Lipinski definition) is 6. The minimum Gasteiger partial charge on any atom is -0.490 e. The van der Waals surface area contributed by atoms with Gasteiger partial charge in [0.05, 0.1) is 13.2 Å². The lowest BCUT2D eigenvalue weighted by Gasteiger charge is -2.16. The topological polar surface area (TPSA) is 69.4 Å². The van der Waals surface area contributed by atoms with Crippen molar-refractivity contribution in [2.24, 2.45) is 0 Å². The van der Waals surface area contributed by atoms with E-state index in [-0.39, 0.29) is 6.04 Å². The number of benzene rings is 1. The quantitative estimate of drug-likeness (QED) is 0.909. The zero-order valence-corrected chi connectivity index (χ0v) is 12.0. The number of hydrogen-bond donors (Lipinski definition) is 1. The Labute approximate surface area is 123 Å². The third-order valence-corrected chi connectivity index (χ3v) is 3.47. The van der Waals surface area contributed by atoms with Crippen molar-refractivity contribution in [1.29, 1.82) is 0 Å². The van der Waals surface area contributed by atoms with Crippen molar-refractivity contribution in [2.75, 3.05) is 19.8 Å². The Morgan fingerprint density at radius 2 is 2.10 bits per heavy atom. The van der Waals surface area contributed by atoms with Crippen LogP contribution < -0.4 is 14.8 Å². The molecule has 0 bridgehead atoms. The lowest BCUT2D eigenvalue weighted by molar-refractivity contribution is 0.297. The highest BCUT2D eigenvalue weighted by Crippen LogP contribution is 2.32. The Morgan fingerprint density at radius 1 is 1.24 bits per heavy atom. The van der Waals surface area contributed by atoms with Gasteiger partial charge >= 0.3 is 0 Å². The zero-order valence-electron chi connectivity index (χ0n) is 12.0. The van der Waals surface area contributed by atoms with Gasteiger partial charge in [-0.05, 0) is 24.6 Å². The van der Waals surface area contributed by atoms with E-state index in [9.17, 15) is 0 Å². The Hall–Kier alpha value is -2.08. The summed E-state index contributed by atoms with van der Waals surface area (Å²) in [5.74, 6) is 2.30. The van der Waals surface area contributed by atoms with Crippen LogP contribution in [0.15, 0.2) is 29.0 Å². The molecule has 0 saturated heterocycles. The number of nitrogens with one attached hydrogen (secondary N) is 1. The molecule has 1 aromatic carbocycles. The highest BCUT2D eigenvalue weighted by Gasteiger charge is 2.13. The van der Waals surface area contributed by atoms with Gasteiger partial charge in [-0.15, -0.1) is 0 Å². The van der Waals surface area contributed by atoms with Gasteiger partial charge in [0.25, 0.3) is 0 Å². The lowest BCUT2D eigenvalue weighted by Crippen LogP contribution is -2.21. The van der Waals surface area contributed by atoms with Crippen LogP contribution in [0.2, 0.25) is 0 Å². The van der Waals surface area contributed by atoms with Crippen LogP contribution >= 0.6 is 0 Å². The van der Waals surface area contributed by atoms with Crippen LogP contribution in [-0.2, 0) is 6.42 Å². The maximum atomic E-state index is 5.72. The summed E-state index contributed by atoms with van der Waals surface area (Å²) < 4.78 is 16.3. The van der Waals surface area contributed by atoms with Crippen molar-refractivity contribution < 1.29 is 14.0 Å². The molecule has 112 valence electrons. The molecule has 0 saturated carbocycles. The standard InChI is InChI=1S/C15H19N3O3/c1-11(16-6-5-15-17-10-18-21-15)12-3-4-13-14(9-12)20-8-2-7-19-13/h3-4,9-11,16H,2,5-8H2,1H3. The molecule has 1 N–H and O–H groups in total. The van der Waals surface area contributed by atoms with Crippen LogP contribution in [0.1, 0.15) is 30.8 Å². The zero-order chi connectivity index (χ0) is 14.5. The van der Waals surface area contributed by atoms with Gasteiger partial charge in [-0.25, -0.2) is 0 Å². The van der Waals surface area contributed by atoms with Crippen LogP contribution in [0.4, 0.5) is 0 Å². The monoisotopic (exact) mass is 289 g/mol. The van der Waals surface area contributed by atoms with Gasteiger partial charge < -0.3 is 19.3 Å². The van der Waals surface area contributed by atoms with E-state index in [0.717, 1.165) is 30.9 Å². The molecule has 0 fully saturated rings. The summed E-state index contributed by atoms with van der Waals surface area (Å²) in [6.45, 7) is 4.31. The van der Waals surface area contributed by atoms with E-state index in [1.807, 2.05) is 12.1 Å². The van der Waals surface area contributed by atoms with Crippen molar-refractivity contribution in [2.45, 2.75) is 25.8 Å². The molecule has 1 aliphatic heterocycles. The molecule has 0 spiro atoms. The summed E-state index contributed by atoms with van der Waals surface area (Å²) in [6, 6.07) is 6.31. The summed E-state index contributed by atoms with van der Waals surface area (Å²) in [6.07, 6.45) is 3.06. The van der Waals surface area contributed by atoms with Gasteiger partial charge in [0.2, 0.25) is 5.89 Å². The molecule has 6 nitrogen and oxygen atoms in total. The molecule has 1 atom stereocenters. The highest BCUT2D eigenvalue weighted by atomic mass is 16.5. The molecule has 3 rings (SSSR count). The summed E-state index contributed by atoms with van der Waals surface area (Å²) in [4.78, 5) is 4.00. The second kappa shape index (κ2) is 6.58. The summed E-state index contributed by atoms with van der Waals surface area (Å²) in [5.41, 5.74) is 1.17. The van der Waals surface area contributed by atoms with Crippen molar-refractivity contribution in [3.05, 3.63) is 36.0 Å². The fourth-order valence-corrected chi connectivity index (χ4v) is 2.27. The molecule has 0 radical (unpaired) electrons. The summed E-state index contributed by atoms with van der Waals surface area (Å²) >= 11 is 0. The molecule has 1 aromatic heterocycles. The number of aromatic nitrogens is 2. The fourth-order valence-electron chi connectivity index (χ4n) is 2.27. The largest absolute Gasteiger partial charge is 0.490 e. The molecule has 2 heterocycles. The Morgan fingerprint density at radius 3 is 2.90 bits per heavy atom. The van der Waals surface area contributed by atoms with Crippen LogP contribution in [-0.4, -0.2) is 29.9 Å². The Bertz CT molecular complexity index is 572. The maximum Gasteiger partial charge on any atom is 0.227 e. The van der Waals surface area contributed by atoms with E-state index in [1.54, 1.807) is 0 Å². The van der Waals surface area contributed by atoms with Crippen molar-refractivity contribution in [1.82, 2.24) is 15.5 Å². The molecule has 1 unspecified atom stereocenters. The molecule has 0 amide bonds. The number of fused-ring (bicyclic) bond motifs is 1. The van der Waals surface area contributed by atoms with E-state index in [1.165, 1.54) is 11.9 Å². The predicted molar refractivity (Wildman–Crippen MR) is 76.5 cm³/mol. The molecule has 6 heteroatoms. The van der Waals surface area contributed by atoms with E-state index < -0.39 is 0 Å². The second-order valence-electron chi connectivity index (χ2n) is 5.02.